The highest BCUT2D eigenvalue weighted by Gasteiger charge is 2.32. The monoisotopic (exact) mass is 283 g/mol. The van der Waals surface area contributed by atoms with Crippen LogP contribution in [0.2, 0.25) is 0 Å². The van der Waals surface area contributed by atoms with Gasteiger partial charge in [0.1, 0.15) is 0 Å². The molecule has 0 spiro atoms. The molecular weight excluding hydrogens is 259 g/mol. The van der Waals surface area contributed by atoms with Crippen molar-refractivity contribution < 1.29 is 13.2 Å². The summed E-state index contributed by atoms with van der Waals surface area (Å²) >= 11 is 0.114. The maximum atomic E-state index is 12.1. The molecule has 5 heteroatoms. The smallest absolute Gasteiger partial charge is 0.330 e. The lowest BCUT2D eigenvalue weighted by Crippen LogP contribution is -2.31. The molecule has 0 bridgehead atoms. The lowest BCUT2D eigenvalue weighted by atomic mass is 9.72. The largest absolute Gasteiger partial charge is 0.441 e. The fourth-order valence-corrected chi connectivity index (χ4v) is 3.74. The highest BCUT2D eigenvalue weighted by Crippen LogP contribution is 2.39. The summed E-state index contributed by atoms with van der Waals surface area (Å²) in [6, 6.07) is 0. The molecular formula is C13H24F3NS. The van der Waals surface area contributed by atoms with Gasteiger partial charge in [-0.15, -0.1) is 0 Å². The van der Waals surface area contributed by atoms with Gasteiger partial charge in [-0.1, -0.05) is 37.9 Å². The fraction of sp³-hybridized carbons (Fsp3) is 1.00. The Bertz CT molecular complexity index is 233. The Morgan fingerprint density at radius 3 is 2.44 bits per heavy atom. The van der Waals surface area contributed by atoms with Crippen molar-refractivity contribution in [2.45, 2.75) is 51.0 Å². The second-order valence-corrected chi connectivity index (χ2v) is 6.47. The van der Waals surface area contributed by atoms with Gasteiger partial charge in [-0.3, -0.25) is 0 Å². The molecule has 108 valence electrons. The molecule has 0 aromatic carbocycles. The van der Waals surface area contributed by atoms with Crippen LogP contribution in [0.15, 0.2) is 0 Å². The van der Waals surface area contributed by atoms with Crippen LogP contribution in [-0.2, 0) is 0 Å². The Morgan fingerprint density at radius 2 is 1.89 bits per heavy atom. The lowest BCUT2D eigenvalue weighted by Gasteiger charge is -2.35. The molecule has 1 aliphatic rings. The quantitative estimate of drug-likeness (QED) is 0.781. The van der Waals surface area contributed by atoms with Crippen molar-refractivity contribution in [2.75, 3.05) is 12.3 Å². The SMILES string of the molecule is CCCC1CCC(CN)C(CCSC(F)(F)F)C1. The molecule has 1 rings (SSSR count). The molecule has 0 aromatic rings. The molecule has 1 aliphatic carbocycles. The van der Waals surface area contributed by atoms with Gasteiger partial charge >= 0.3 is 5.51 Å². The first-order valence-corrected chi connectivity index (χ1v) is 7.85. The number of rotatable bonds is 6. The molecule has 0 aromatic heterocycles. The average Bonchev–Trinajstić information content (AvgIpc) is 2.28. The van der Waals surface area contributed by atoms with E-state index in [1.54, 1.807) is 0 Å². The summed E-state index contributed by atoms with van der Waals surface area (Å²) in [6.45, 7) is 2.80. The predicted molar refractivity (Wildman–Crippen MR) is 71.4 cm³/mol. The van der Waals surface area contributed by atoms with Crippen molar-refractivity contribution in [3.8, 4) is 0 Å². The van der Waals surface area contributed by atoms with Gasteiger partial charge in [0, 0.05) is 5.75 Å². The fourth-order valence-electron chi connectivity index (χ4n) is 3.08. The zero-order valence-corrected chi connectivity index (χ0v) is 11.8. The molecule has 1 fully saturated rings. The summed E-state index contributed by atoms with van der Waals surface area (Å²) < 4.78 is 36.4. The Morgan fingerprint density at radius 1 is 1.17 bits per heavy atom. The summed E-state index contributed by atoms with van der Waals surface area (Å²) in [5.74, 6) is 1.73. The number of hydrogen-bond donors (Lipinski definition) is 1. The zero-order valence-electron chi connectivity index (χ0n) is 11.0. The molecule has 0 aliphatic heterocycles. The van der Waals surface area contributed by atoms with Gasteiger partial charge in [-0.25, -0.2) is 0 Å². The van der Waals surface area contributed by atoms with E-state index in [2.05, 4.69) is 6.92 Å². The second-order valence-electron chi connectivity index (χ2n) is 5.31. The summed E-state index contributed by atoms with van der Waals surface area (Å²) in [7, 11) is 0. The van der Waals surface area contributed by atoms with E-state index in [4.69, 9.17) is 5.73 Å². The van der Waals surface area contributed by atoms with Crippen LogP contribution in [-0.4, -0.2) is 17.8 Å². The van der Waals surface area contributed by atoms with Gasteiger partial charge < -0.3 is 5.73 Å². The van der Waals surface area contributed by atoms with Crippen LogP contribution in [0.1, 0.15) is 45.4 Å². The Labute approximate surface area is 112 Å². The van der Waals surface area contributed by atoms with Crippen LogP contribution >= 0.6 is 11.8 Å². The number of alkyl halides is 3. The van der Waals surface area contributed by atoms with Crippen LogP contribution in [0.3, 0.4) is 0 Å². The third kappa shape index (κ3) is 5.83. The molecule has 0 radical (unpaired) electrons. The number of nitrogens with two attached hydrogens (primary N) is 1. The summed E-state index contributed by atoms with van der Waals surface area (Å²) in [4.78, 5) is 0. The normalized spacial score (nSPS) is 29.5. The van der Waals surface area contributed by atoms with Crippen LogP contribution in [0.4, 0.5) is 13.2 Å². The van der Waals surface area contributed by atoms with Crippen LogP contribution < -0.4 is 5.73 Å². The minimum Gasteiger partial charge on any atom is -0.330 e. The van der Waals surface area contributed by atoms with Gasteiger partial charge in [0.2, 0.25) is 0 Å². The topological polar surface area (TPSA) is 26.0 Å². The van der Waals surface area contributed by atoms with Crippen molar-refractivity contribution >= 4 is 11.8 Å². The zero-order chi connectivity index (χ0) is 13.6. The van der Waals surface area contributed by atoms with Crippen molar-refractivity contribution in [1.29, 1.82) is 0 Å². The van der Waals surface area contributed by atoms with Gasteiger partial charge in [-0.05, 0) is 43.6 Å². The molecule has 0 saturated heterocycles. The lowest BCUT2D eigenvalue weighted by molar-refractivity contribution is -0.0329. The molecule has 3 unspecified atom stereocenters. The molecule has 0 amide bonds. The third-order valence-corrected chi connectivity index (χ3v) is 4.77. The molecule has 1 saturated carbocycles. The van der Waals surface area contributed by atoms with E-state index in [9.17, 15) is 13.2 Å². The van der Waals surface area contributed by atoms with Crippen molar-refractivity contribution in [3.63, 3.8) is 0 Å². The van der Waals surface area contributed by atoms with Crippen molar-refractivity contribution in [1.82, 2.24) is 0 Å². The number of hydrogen-bond acceptors (Lipinski definition) is 2. The van der Waals surface area contributed by atoms with Gasteiger partial charge in [-0.2, -0.15) is 13.2 Å². The first-order chi connectivity index (χ1) is 8.46. The molecule has 1 nitrogen and oxygen atoms in total. The van der Waals surface area contributed by atoms with Crippen LogP contribution in [0.5, 0.6) is 0 Å². The van der Waals surface area contributed by atoms with Crippen LogP contribution in [0, 0.1) is 17.8 Å². The molecule has 3 atom stereocenters. The first-order valence-electron chi connectivity index (χ1n) is 6.87. The van der Waals surface area contributed by atoms with E-state index in [0.717, 1.165) is 12.8 Å². The van der Waals surface area contributed by atoms with E-state index in [1.165, 1.54) is 19.3 Å². The van der Waals surface area contributed by atoms with Crippen molar-refractivity contribution in [3.05, 3.63) is 0 Å². The molecule has 2 N–H and O–H groups in total. The van der Waals surface area contributed by atoms with E-state index >= 15 is 0 Å². The third-order valence-electron chi connectivity index (χ3n) is 4.00. The number of thioether (sulfide) groups is 1. The van der Waals surface area contributed by atoms with Gasteiger partial charge in [0.25, 0.3) is 0 Å². The van der Waals surface area contributed by atoms with E-state index < -0.39 is 5.51 Å². The standard InChI is InChI=1S/C13H24F3NS/c1-2-3-10-4-5-12(9-17)11(8-10)6-7-18-13(14,15)16/h10-12H,2-9,17H2,1H3. The summed E-state index contributed by atoms with van der Waals surface area (Å²) in [5.41, 5.74) is 1.65. The Balaban J connectivity index is 2.37. The first kappa shape index (κ1) is 16.2. The molecule has 0 heterocycles. The van der Waals surface area contributed by atoms with Crippen molar-refractivity contribution in [2.24, 2.45) is 23.5 Å². The maximum Gasteiger partial charge on any atom is 0.441 e. The van der Waals surface area contributed by atoms with Gasteiger partial charge in [0.15, 0.2) is 0 Å². The van der Waals surface area contributed by atoms with E-state index in [1.807, 2.05) is 0 Å². The highest BCUT2D eigenvalue weighted by molar-refractivity contribution is 8.00. The van der Waals surface area contributed by atoms with Gasteiger partial charge in [0.05, 0.1) is 0 Å². The summed E-state index contributed by atoms with van der Waals surface area (Å²) in [5, 5.41) is 0. The Kier molecular flexibility index (Phi) is 6.85. The van der Waals surface area contributed by atoms with E-state index in [0.29, 0.717) is 30.7 Å². The Hall–Kier alpha value is 0.100. The van der Waals surface area contributed by atoms with Crippen LogP contribution in [0.25, 0.3) is 0 Å². The minimum atomic E-state index is -4.09. The maximum absolute atomic E-state index is 12.1. The molecule has 18 heavy (non-hydrogen) atoms. The predicted octanol–water partition coefficient (Wildman–Crippen LogP) is 4.42. The number of halogens is 3. The minimum absolute atomic E-state index is 0.114. The second kappa shape index (κ2) is 7.63. The average molecular weight is 283 g/mol. The van der Waals surface area contributed by atoms with E-state index in [-0.39, 0.29) is 17.5 Å². The summed E-state index contributed by atoms with van der Waals surface area (Å²) in [6.07, 6.45) is 6.42. The highest BCUT2D eigenvalue weighted by atomic mass is 32.2.